The number of carbonyl (C=O) groups is 2. The molecule has 1 fully saturated rings. The molecule has 1 aliphatic rings. The Balaban J connectivity index is 1.61. The van der Waals surface area contributed by atoms with E-state index in [0.717, 1.165) is 22.2 Å². The van der Waals surface area contributed by atoms with Crippen molar-refractivity contribution < 1.29 is 31.3 Å². The number of amides is 2. The molecule has 11 heteroatoms. The zero-order valence-corrected chi connectivity index (χ0v) is 23.5. The molecule has 3 aromatic rings. The predicted molar refractivity (Wildman–Crippen MR) is 147 cm³/mol. The first-order valence-electron chi connectivity index (χ1n) is 11.0. The lowest BCUT2D eigenvalue weighted by Gasteiger charge is -2.15. The molecule has 37 heavy (non-hydrogen) atoms. The average Bonchev–Trinajstić information content (AvgIpc) is 3.10. The summed E-state index contributed by atoms with van der Waals surface area (Å²) in [6.07, 6.45) is 1.54. The van der Waals surface area contributed by atoms with Gasteiger partial charge in [0.15, 0.2) is 11.5 Å². The molecule has 0 aromatic heterocycles. The molecule has 0 radical (unpaired) electrons. The number of thioether (sulfide) groups is 1. The van der Waals surface area contributed by atoms with E-state index < -0.39 is 27.1 Å². The molecule has 0 N–H and O–H groups in total. The fraction of sp³-hybridized carbons (Fsp3) is 0.154. The molecule has 4 rings (SSSR count). The Morgan fingerprint density at radius 3 is 2.38 bits per heavy atom. The fourth-order valence-electron chi connectivity index (χ4n) is 3.44. The van der Waals surface area contributed by atoms with E-state index in [0.29, 0.717) is 14.7 Å². The number of rotatable bonds is 8. The summed E-state index contributed by atoms with van der Waals surface area (Å²) in [5, 5.41) is -0.440. The molecule has 1 saturated heterocycles. The van der Waals surface area contributed by atoms with E-state index in [2.05, 4.69) is 0 Å². The van der Waals surface area contributed by atoms with Gasteiger partial charge in [-0.15, -0.1) is 0 Å². The second-order valence-electron chi connectivity index (χ2n) is 8.01. The standard InChI is InChI=1S/C26H21FINO6S2/c1-3-34-22-13-18(12-21(28)24(22)35-37(32,33)20-10-4-16(2)5-11-20)14-23-25(30)29(26(31)36-23)15-17-6-8-19(27)9-7-17/h4-14H,3,15H2,1-2H3/b23-14-. The van der Waals surface area contributed by atoms with Crippen molar-refractivity contribution >= 4 is 61.7 Å². The van der Waals surface area contributed by atoms with Crippen LogP contribution in [0.25, 0.3) is 6.08 Å². The van der Waals surface area contributed by atoms with Crippen LogP contribution in [0.4, 0.5) is 9.18 Å². The minimum atomic E-state index is -4.12. The van der Waals surface area contributed by atoms with Gasteiger partial charge in [0.2, 0.25) is 0 Å². The number of aryl methyl sites for hydroxylation is 1. The van der Waals surface area contributed by atoms with E-state index in [1.54, 1.807) is 37.3 Å². The fourth-order valence-corrected chi connectivity index (χ4v) is 6.12. The molecule has 1 heterocycles. The third-order valence-electron chi connectivity index (χ3n) is 5.26. The first-order valence-corrected chi connectivity index (χ1v) is 14.3. The SMILES string of the molecule is CCOc1cc(/C=C2\SC(=O)N(Cc3ccc(F)cc3)C2=O)cc(I)c1OS(=O)(=O)c1ccc(C)cc1. The van der Waals surface area contributed by atoms with E-state index >= 15 is 0 Å². The Kier molecular flexibility index (Phi) is 8.24. The number of hydrogen-bond donors (Lipinski definition) is 0. The summed E-state index contributed by atoms with van der Waals surface area (Å²) in [6.45, 7) is 3.87. The summed E-state index contributed by atoms with van der Waals surface area (Å²) >= 11 is 2.73. The maximum Gasteiger partial charge on any atom is 0.339 e. The Bertz CT molecular complexity index is 1490. The topological polar surface area (TPSA) is 90.0 Å². The van der Waals surface area contributed by atoms with Gasteiger partial charge in [-0.25, -0.2) is 4.39 Å². The van der Waals surface area contributed by atoms with Crippen LogP contribution in [-0.4, -0.2) is 31.1 Å². The lowest BCUT2D eigenvalue weighted by molar-refractivity contribution is -0.123. The van der Waals surface area contributed by atoms with Gasteiger partial charge < -0.3 is 8.92 Å². The van der Waals surface area contributed by atoms with Crippen molar-refractivity contribution in [1.82, 2.24) is 4.90 Å². The highest BCUT2D eigenvalue weighted by Gasteiger charge is 2.35. The minimum Gasteiger partial charge on any atom is -0.490 e. The van der Waals surface area contributed by atoms with Gasteiger partial charge in [0.05, 0.1) is 21.6 Å². The van der Waals surface area contributed by atoms with E-state index in [1.807, 2.05) is 29.5 Å². The van der Waals surface area contributed by atoms with Crippen molar-refractivity contribution in [1.29, 1.82) is 0 Å². The third kappa shape index (κ3) is 6.33. The third-order valence-corrected chi connectivity index (χ3v) is 8.20. The maximum atomic E-state index is 13.2. The molecular weight excluding hydrogens is 632 g/mol. The highest BCUT2D eigenvalue weighted by molar-refractivity contribution is 14.1. The van der Waals surface area contributed by atoms with Crippen molar-refractivity contribution in [2.45, 2.75) is 25.3 Å². The first kappa shape index (κ1) is 27.1. The van der Waals surface area contributed by atoms with Crippen molar-refractivity contribution in [3.8, 4) is 11.5 Å². The van der Waals surface area contributed by atoms with Crippen LogP contribution in [0.2, 0.25) is 0 Å². The average molecular weight is 653 g/mol. The van der Waals surface area contributed by atoms with Crippen LogP contribution in [0.15, 0.2) is 70.5 Å². The molecule has 0 atom stereocenters. The summed E-state index contributed by atoms with van der Waals surface area (Å²) in [6, 6.07) is 15.0. The predicted octanol–water partition coefficient (Wildman–Crippen LogP) is 6.14. The van der Waals surface area contributed by atoms with Crippen LogP contribution in [0.3, 0.4) is 0 Å². The Hall–Kier alpha value is -2.90. The minimum absolute atomic E-state index is 0.00949. The number of halogens is 2. The number of imide groups is 1. The smallest absolute Gasteiger partial charge is 0.339 e. The van der Waals surface area contributed by atoms with Gasteiger partial charge in [0.25, 0.3) is 11.1 Å². The van der Waals surface area contributed by atoms with Crippen LogP contribution in [0.1, 0.15) is 23.6 Å². The van der Waals surface area contributed by atoms with Crippen LogP contribution in [0.5, 0.6) is 11.5 Å². The molecule has 7 nitrogen and oxygen atoms in total. The van der Waals surface area contributed by atoms with Gasteiger partial charge in [-0.05, 0) is 102 Å². The van der Waals surface area contributed by atoms with E-state index in [1.165, 1.54) is 36.4 Å². The van der Waals surface area contributed by atoms with E-state index in [-0.39, 0.29) is 34.5 Å². The second-order valence-corrected chi connectivity index (χ2v) is 11.7. The van der Waals surface area contributed by atoms with Crippen molar-refractivity contribution in [2.75, 3.05) is 6.61 Å². The van der Waals surface area contributed by atoms with Crippen LogP contribution < -0.4 is 8.92 Å². The zero-order chi connectivity index (χ0) is 26.7. The zero-order valence-electron chi connectivity index (χ0n) is 19.7. The number of ether oxygens (including phenoxy) is 1. The van der Waals surface area contributed by atoms with Crippen LogP contribution in [-0.2, 0) is 21.5 Å². The number of carbonyl (C=O) groups excluding carboxylic acids is 2. The monoisotopic (exact) mass is 653 g/mol. The summed E-state index contributed by atoms with van der Waals surface area (Å²) < 4.78 is 50.5. The lowest BCUT2D eigenvalue weighted by atomic mass is 10.1. The molecule has 1 aliphatic heterocycles. The lowest BCUT2D eigenvalue weighted by Crippen LogP contribution is -2.27. The van der Waals surface area contributed by atoms with Crippen molar-refractivity contribution in [3.63, 3.8) is 0 Å². The van der Waals surface area contributed by atoms with E-state index in [4.69, 9.17) is 8.92 Å². The van der Waals surface area contributed by atoms with Crippen molar-refractivity contribution in [3.05, 3.63) is 91.6 Å². The van der Waals surface area contributed by atoms with Gasteiger partial charge in [-0.3, -0.25) is 14.5 Å². The molecule has 0 bridgehead atoms. The number of benzene rings is 3. The van der Waals surface area contributed by atoms with Gasteiger partial charge >= 0.3 is 10.1 Å². The highest BCUT2D eigenvalue weighted by Crippen LogP contribution is 2.39. The molecular formula is C26H21FINO6S2. The van der Waals surface area contributed by atoms with Gasteiger partial charge in [0.1, 0.15) is 10.7 Å². The molecule has 0 saturated carbocycles. The van der Waals surface area contributed by atoms with Gasteiger partial charge in [0, 0.05) is 0 Å². The molecule has 0 aliphatic carbocycles. The maximum absolute atomic E-state index is 13.2. The van der Waals surface area contributed by atoms with Crippen LogP contribution >= 0.6 is 34.4 Å². The Morgan fingerprint density at radius 2 is 1.73 bits per heavy atom. The summed E-state index contributed by atoms with van der Waals surface area (Å²) in [4.78, 5) is 26.7. The first-order chi connectivity index (χ1) is 17.6. The molecule has 0 spiro atoms. The van der Waals surface area contributed by atoms with Crippen molar-refractivity contribution in [2.24, 2.45) is 0 Å². The Morgan fingerprint density at radius 1 is 1.05 bits per heavy atom. The molecule has 2 amide bonds. The van der Waals surface area contributed by atoms with Crippen LogP contribution in [0, 0.1) is 16.3 Å². The normalized spacial score (nSPS) is 14.9. The van der Waals surface area contributed by atoms with E-state index in [9.17, 15) is 22.4 Å². The number of hydrogen-bond acceptors (Lipinski definition) is 7. The quantitative estimate of drug-likeness (QED) is 0.164. The highest BCUT2D eigenvalue weighted by atomic mass is 127. The second kappa shape index (κ2) is 11.2. The molecule has 0 unspecified atom stereocenters. The molecule has 3 aromatic carbocycles. The Labute approximate surface area is 231 Å². The van der Waals surface area contributed by atoms with Gasteiger partial charge in [-0.2, -0.15) is 8.42 Å². The summed E-state index contributed by atoms with van der Waals surface area (Å²) in [5.74, 6) is -0.669. The molecule has 192 valence electrons. The van der Waals surface area contributed by atoms with Gasteiger partial charge in [-0.1, -0.05) is 29.8 Å². The largest absolute Gasteiger partial charge is 0.490 e. The summed E-state index contributed by atoms with van der Waals surface area (Å²) in [7, 11) is -4.12. The summed E-state index contributed by atoms with van der Waals surface area (Å²) in [5.41, 5.74) is 2.06. The number of nitrogens with zero attached hydrogens (tertiary/aromatic N) is 1.